The number of nitrogens with zero attached hydrogens (tertiary/aromatic N) is 1. The van der Waals surface area contributed by atoms with Gasteiger partial charge in [0.25, 0.3) is 11.8 Å². The van der Waals surface area contributed by atoms with Crippen LogP contribution in [-0.2, 0) is 18.7 Å². The van der Waals surface area contributed by atoms with Crippen LogP contribution in [0.25, 0.3) is 0 Å². The number of carbonyl (C=O) groups excluding carboxylic acids is 2. The minimum absolute atomic E-state index is 0.228. The summed E-state index contributed by atoms with van der Waals surface area (Å²) < 4.78 is 16.7. The molecule has 0 N–H and O–H groups in total. The van der Waals surface area contributed by atoms with Crippen LogP contribution < -0.4 is 0 Å². The maximum atomic E-state index is 11.2. The molecule has 0 aromatic heterocycles. The molecule has 0 radical (unpaired) electrons. The lowest BCUT2D eigenvalue weighted by molar-refractivity contribution is -0.141. The van der Waals surface area contributed by atoms with Crippen LogP contribution in [0.4, 0.5) is 0 Å². The van der Waals surface area contributed by atoms with Crippen LogP contribution in [0.15, 0.2) is 0 Å². The van der Waals surface area contributed by atoms with Crippen LogP contribution in [0, 0.1) is 0 Å². The standard InChI is InChI=1S/C7H11NO4P/c1-2-12-13(11)8-6(9)4-3-5-7(8)10/h2-5H2,1H3/q+1. The summed E-state index contributed by atoms with van der Waals surface area (Å²) in [6, 6.07) is 0. The number of piperidine rings is 1. The van der Waals surface area contributed by atoms with E-state index >= 15 is 0 Å². The first-order chi connectivity index (χ1) is 6.16. The van der Waals surface area contributed by atoms with Gasteiger partial charge in [-0.3, -0.25) is 9.59 Å². The Bertz CT molecular complexity index is 237. The molecule has 0 aliphatic carbocycles. The number of carbonyl (C=O) groups is 2. The number of amides is 2. The summed E-state index contributed by atoms with van der Waals surface area (Å²) in [5.74, 6) is -0.795. The first-order valence-electron chi connectivity index (χ1n) is 4.12. The molecule has 1 fully saturated rings. The van der Waals surface area contributed by atoms with E-state index < -0.39 is 20.0 Å². The summed E-state index contributed by atoms with van der Waals surface area (Å²) in [6.45, 7) is 1.89. The maximum Gasteiger partial charge on any atom is 0.656 e. The lowest BCUT2D eigenvalue weighted by Crippen LogP contribution is -2.34. The van der Waals surface area contributed by atoms with Crippen LogP contribution in [0.5, 0.6) is 0 Å². The molecule has 1 atom stereocenters. The summed E-state index contributed by atoms with van der Waals surface area (Å²) in [7, 11) is -2.29. The third-order valence-electron chi connectivity index (χ3n) is 1.66. The molecular weight excluding hydrogens is 193 g/mol. The maximum absolute atomic E-state index is 11.2. The molecule has 1 heterocycles. The van der Waals surface area contributed by atoms with E-state index in [0.29, 0.717) is 6.42 Å². The van der Waals surface area contributed by atoms with E-state index in [1.807, 2.05) is 0 Å². The van der Waals surface area contributed by atoms with Gasteiger partial charge in [0.15, 0.2) is 0 Å². The van der Waals surface area contributed by atoms with Gasteiger partial charge >= 0.3 is 8.18 Å². The van der Waals surface area contributed by atoms with E-state index in [9.17, 15) is 14.2 Å². The van der Waals surface area contributed by atoms with Crippen molar-refractivity contribution < 1.29 is 18.7 Å². The van der Waals surface area contributed by atoms with Crippen molar-refractivity contribution in [3.63, 3.8) is 0 Å². The molecule has 1 saturated heterocycles. The van der Waals surface area contributed by atoms with Gasteiger partial charge in [-0.25, -0.2) is 0 Å². The third kappa shape index (κ3) is 2.32. The van der Waals surface area contributed by atoms with Crippen LogP contribution in [0.3, 0.4) is 0 Å². The van der Waals surface area contributed by atoms with Crippen LogP contribution in [0.1, 0.15) is 26.2 Å². The van der Waals surface area contributed by atoms with Gasteiger partial charge in [0, 0.05) is 12.8 Å². The molecule has 2 amide bonds. The Balaban J connectivity index is 2.68. The Kier molecular flexibility index (Phi) is 3.51. The zero-order chi connectivity index (χ0) is 9.84. The van der Waals surface area contributed by atoms with Gasteiger partial charge in [0.2, 0.25) is 0 Å². The normalized spacial score (nSPS) is 19.2. The van der Waals surface area contributed by atoms with Crippen LogP contribution in [0.2, 0.25) is 0 Å². The van der Waals surface area contributed by atoms with E-state index in [2.05, 4.69) is 0 Å². The van der Waals surface area contributed by atoms with Gasteiger partial charge in [0.05, 0.1) is 0 Å². The molecule has 1 aliphatic rings. The summed E-state index contributed by atoms with van der Waals surface area (Å²) in [5, 5.41) is 0. The Morgan fingerprint density at radius 3 is 2.38 bits per heavy atom. The van der Waals surface area contributed by atoms with Gasteiger partial charge in [-0.05, 0) is 22.6 Å². The molecule has 0 aromatic rings. The Hall–Kier alpha value is -0.800. The Morgan fingerprint density at radius 1 is 1.38 bits per heavy atom. The largest absolute Gasteiger partial charge is 0.656 e. The quantitative estimate of drug-likeness (QED) is 0.512. The predicted molar refractivity (Wildman–Crippen MR) is 44.9 cm³/mol. The second-order valence-corrected chi connectivity index (χ2v) is 3.74. The molecule has 1 unspecified atom stereocenters. The summed E-state index contributed by atoms with van der Waals surface area (Å²) >= 11 is 0. The molecule has 0 spiro atoms. The Morgan fingerprint density at radius 2 is 1.92 bits per heavy atom. The van der Waals surface area contributed by atoms with Crippen molar-refractivity contribution in [3.8, 4) is 0 Å². The number of imide groups is 1. The average molecular weight is 204 g/mol. The van der Waals surface area contributed by atoms with E-state index in [1.165, 1.54) is 0 Å². The fourth-order valence-corrected chi connectivity index (χ4v) is 1.99. The number of hydrogen-bond acceptors (Lipinski definition) is 4. The molecule has 0 aromatic carbocycles. The van der Waals surface area contributed by atoms with Gasteiger partial charge < -0.3 is 0 Å². The molecule has 13 heavy (non-hydrogen) atoms. The van der Waals surface area contributed by atoms with Gasteiger partial charge in [-0.15, -0.1) is 4.52 Å². The van der Waals surface area contributed by atoms with Crippen molar-refractivity contribution >= 4 is 20.0 Å². The molecule has 0 saturated carbocycles. The van der Waals surface area contributed by atoms with E-state index in [0.717, 1.165) is 4.67 Å². The highest BCUT2D eigenvalue weighted by molar-refractivity contribution is 7.38. The van der Waals surface area contributed by atoms with Crippen LogP contribution in [-0.4, -0.2) is 23.1 Å². The average Bonchev–Trinajstić information content (AvgIpc) is 2.04. The van der Waals surface area contributed by atoms with E-state index in [-0.39, 0.29) is 19.4 Å². The van der Waals surface area contributed by atoms with Crippen molar-refractivity contribution in [3.05, 3.63) is 0 Å². The first-order valence-corrected chi connectivity index (χ1v) is 5.25. The first kappa shape index (κ1) is 10.3. The van der Waals surface area contributed by atoms with Gasteiger partial charge in [0.1, 0.15) is 6.61 Å². The molecule has 0 bridgehead atoms. The zero-order valence-electron chi connectivity index (χ0n) is 7.36. The third-order valence-corrected chi connectivity index (χ3v) is 2.91. The molecular formula is C7H11NO4P+. The predicted octanol–water partition coefficient (Wildman–Crippen LogP) is 1.22. The summed E-state index contributed by atoms with van der Waals surface area (Å²) in [5.41, 5.74) is 0. The lowest BCUT2D eigenvalue weighted by Gasteiger charge is -2.12. The fraction of sp³-hybridized carbons (Fsp3) is 0.714. The highest BCUT2D eigenvalue weighted by Crippen LogP contribution is 2.32. The Labute approximate surface area is 77.0 Å². The molecule has 1 aliphatic heterocycles. The molecule has 6 heteroatoms. The smallest absolute Gasteiger partial charge is 0.270 e. The van der Waals surface area contributed by atoms with Crippen LogP contribution >= 0.6 is 8.18 Å². The zero-order valence-corrected chi connectivity index (χ0v) is 8.25. The van der Waals surface area contributed by atoms with Gasteiger partial charge in [-0.1, -0.05) is 0 Å². The second kappa shape index (κ2) is 4.44. The van der Waals surface area contributed by atoms with Crippen molar-refractivity contribution in [1.29, 1.82) is 0 Å². The van der Waals surface area contributed by atoms with E-state index in [1.54, 1.807) is 6.92 Å². The van der Waals surface area contributed by atoms with Gasteiger partial charge in [-0.2, -0.15) is 0 Å². The monoisotopic (exact) mass is 204 g/mol. The molecule has 5 nitrogen and oxygen atoms in total. The lowest BCUT2D eigenvalue weighted by atomic mass is 10.1. The summed E-state index contributed by atoms with van der Waals surface area (Å²) in [4.78, 5) is 22.3. The highest BCUT2D eigenvalue weighted by atomic mass is 31.1. The number of rotatable bonds is 3. The minimum atomic E-state index is -2.29. The number of hydrogen-bond donors (Lipinski definition) is 0. The van der Waals surface area contributed by atoms with Crippen molar-refractivity contribution in [2.45, 2.75) is 26.2 Å². The molecule has 1 rings (SSSR count). The SMILES string of the molecule is CCO[P+](=O)N1C(=O)CCCC1=O. The van der Waals surface area contributed by atoms with Crippen molar-refractivity contribution in [2.75, 3.05) is 6.61 Å². The van der Waals surface area contributed by atoms with Crippen molar-refractivity contribution in [1.82, 2.24) is 4.67 Å². The minimum Gasteiger partial charge on any atom is -0.270 e. The summed E-state index contributed by atoms with van der Waals surface area (Å²) in [6.07, 6.45) is 1.10. The van der Waals surface area contributed by atoms with E-state index in [4.69, 9.17) is 4.52 Å². The highest BCUT2D eigenvalue weighted by Gasteiger charge is 2.43. The fourth-order valence-electron chi connectivity index (χ4n) is 1.09. The molecule has 72 valence electrons. The topological polar surface area (TPSA) is 63.7 Å². The van der Waals surface area contributed by atoms with Crippen molar-refractivity contribution in [2.24, 2.45) is 0 Å². The second-order valence-electron chi connectivity index (χ2n) is 2.61.